The van der Waals surface area contributed by atoms with Gasteiger partial charge in [-0.1, -0.05) is 59.8 Å². The van der Waals surface area contributed by atoms with Gasteiger partial charge in [0, 0.05) is 29.1 Å². The molecule has 0 fully saturated rings. The number of halogens is 1. The van der Waals surface area contributed by atoms with Gasteiger partial charge in [0.15, 0.2) is 0 Å². The molecule has 0 saturated heterocycles. The molecule has 4 rings (SSSR count). The highest BCUT2D eigenvalue weighted by atomic mass is 35.5. The number of anilines is 1. The van der Waals surface area contributed by atoms with Crippen LogP contribution in [0.1, 0.15) is 21.5 Å². The fourth-order valence-electron chi connectivity index (χ4n) is 3.49. The number of thioether (sulfide) groups is 1. The summed E-state index contributed by atoms with van der Waals surface area (Å²) in [6, 6.07) is 22.6. The van der Waals surface area contributed by atoms with Gasteiger partial charge in [0.2, 0.25) is 0 Å². The van der Waals surface area contributed by atoms with Crippen LogP contribution >= 0.6 is 23.4 Å². The SMILES string of the molecule is COCCNC(=O)c1ccc(C=C2Sc3ccccc3N(Cc3cccc(Cl)c3)C2=O)cc1. The maximum Gasteiger partial charge on any atom is 0.265 e. The first-order valence-electron chi connectivity index (χ1n) is 10.5. The minimum atomic E-state index is -0.156. The smallest absolute Gasteiger partial charge is 0.265 e. The van der Waals surface area contributed by atoms with Gasteiger partial charge in [-0.25, -0.2) is 0 Å². The summed E-state index contributed by atoms with van der Waals surface area (Å²) < 4.78 is 4.95. The van der Waals surface area contributed by atoms with Crippen molar-refractivity contribution in [3.05, 3.63) is 99.4 Å². The number of methoxy groups -OCH3 is 1. The van der Waals surface area contributed by atoms with E-state index in [4.69, 9.17) is 16.3 Å². The fourth-order valence-corrected chi connectivity index (χ4v) is 4.76. The molecule has 0 saturated carbocycles. The van der Waals surface area contributed by atoms with Crippen molar-refractivity contribution < 1.29 is 14.3 Å². The topological polar surface area (TPSA) is 58.6 Å². The van der Waals surface area contributed by atoms with Gasteiger partial charge in [0.25, 0.3) is 11.8 Å². The van der Waals surface area contributed by atoms with Crippen molar-refractivity contribution in [3.63, 3.8) is 0 Å². The second-order valence-electron chi connectivity index (χ2n) is 7.47. The Labute approximate surface area is 202 Å². The van der Waals surface area contributed by atoms with Crippen LogP contribution < -0.4 is 10.2 Å². The number of para-hydroxylation sites is 1. The van der Waals surface area contributed by atoms with E-state index >= 15 is 0 Å². The van der Waals surface area contributed by atoms with E-state index in [0.29, 0.717) is 35.2 Å². The van der Waals surface area contributed by atoms with Crippen molar-refractivity contribution in [1.82, 2.24) is 5.32 Å². The highest BCUT2D eigenvalue weighted by molar-refractivity contribution is 8.04. The zero-order valence-electron chi connectivity index (χ0n) is 18.1. The quantitative estimate of drug-likeness (QED) is 0.365. The summed E-state index contributed by atoms with van der Waals surface area (Å²) in [6.07, 6.45) is 1.86. The van der Waals surface area contributed by atoms with Crippen molar-refractivity contribution in [3.8, 4) is 0 Å². The van der Waals surface area contributed by atoms with Crippen molar-refractivity contribution >= 4 is 46.9 Å². The van der Waals surface area contributed by atoms with Crippen LogP contribution in [-0.4, -0.2) is 32.1 Å². The number of nitrogens with zero attached hydrogens (tertiary/aromatic N) is 1. The number of nitrogens with one attached hydrogen (secondary N) is 1. The average Bonchev–Trinajstić information content (AvgIpc) is 2.82. The molecule has 7 heteroatoms. The summed E-state index contributed by atoms with van der Waals surface area (Å²) in [6.45, 7) is 1.34. The Morgan fingerprint density at radius 3 is 2.64 bits per heavy atom. The lowest BCUT2D eigenvalue weighted by Gasteiger charge is -2.30. The molecule has 0 unspecified atom stereocenters. The number of carbonyl (C=O) groups is 2. The van der Waals surface area contributed by atoms with E-state index < -0.39 is 0 Å². The highest BCUT2D eigenvalue weighted by Crippen LogP contribution is 2.42. The van der Waals surface area contributed by atoms with Gasteiger partial charge >= 0.3 is 0 Å². The third-order valence-electron chi connectivity index (χ3n) is 5.12. The molecular formula is C26H23ClN2O3S. The highest BCUT2D eigenvalue weighted by Gasteiger charge is 2.29. The molecule has 33 heavy (non-hydrogen) atoms. The van der Waals surface area contributed by atoms with E-state index in [1.807, 2.05) is 66.7 Å². The molecule has 0 bridgehead atoms. The van der Waals surface area contributed by atoms with Crippen LogP contribution in [0.3, 0.4) is 0 Å². The summed E-state index contributed by atoms with van der Waals surface area (Å²) in [4.78, 5) is 29.0. The van der Waals surface area contributed by atoms with E-state index in [1.165, 1.54) is 11.8 Å². The standard InChI is InChI=1S/C26H23ClN2O3S/c1-32-14-13-28-25(30)20-11-9-18(10-12-20)16-24-26(31)29(17-19-5-4-6-21(27)15-19)22-7-2-3-8-23(22)33-24/h2-12,15-16H,13-14,17H2,1H3,(H,28,30). The molecule has 168 valence electrons. The van der Waals surface area contributed by atoms with E-state index in [2.05, 4.69) is 5.32 Å². The first kappa shape index (κ1) is 23.1. The normalized spacial score (nSPS) is 14.3. The molecule has 1 aliphatic rings. The molecule has 0 aromatic heterocycles. The first-order chi connectivity index (χ1) is 16.0. The van der Waals surface area contributed by atoms with Crippen molar-refractivity contribution in [2.24, 2.45) is 0 Å². The minimum Gasteiger partial charge on any atom is -0.383 e. The third-order valence-corrected chi connectivity index (χ3v) is 6.44. The molecule has 0 atom stereocenters. The number of hydrogen-bond donors (Lipinski definition) is 1. The van der Waals surface area contributed by atoms with E-state index in [0.717, 1.165) is 21.7 Å². The van der Waals surface area contributed by atoms with E-state index in [1.54, 1.807) is 24.1 Å². The van der Waals surface area contributed by atoms with Crippen LogP contribution in [0.25, 0.3) is 6.08 Å². The minimum absolute atomic E-state index is 0.0694. The molecule has 2 amide bonds. The molecule has 1 N–H and O–H groups in total. The zero-order chi connectivity index (χ0) is 23.2. The van der Waals surface area contributed by atoms with Crippen LogP contribution in [-0.2, 0) is 16.1 Å². The number of amides is 2. The predicted molar refractivity (Wildman–Crippen MR) is 134 cm³/mol. The predicted octanol–water partition coefficient (Wildman–Crippen LogP) is 5.40. The Hall–Kier alpha value is -3.06. The maximum atomic E-state index is 13.4. The zero-order valence-corrected chi connectivity index (χ0v) is 19.7. The van der Waals surface area contributed by atoms with Crippen molar-refractivity contribution in [2.75, 3.05) is 25.2 Å². The fraction of sp³-hybridized carbons (Fsp3) is 0.154. The number of carbonyl (C=O) groups excluding carboxylic acids is 2. The van der Waals surface area contributed by atoms with Gasteiger partial charge in [-0.2, -0.15) is 0 Å². The number of rotatable bonds is 7. The maximum absolute atomic E-state index is 13.4. The number of hydrogen-bond acceptors (Lipinski definition) is 4. The molecule has 0 spiro atoms. The van der Waals surface area contributed by atoms with Gasteiger partial charge in [-0.15, -0.1) is 0 Å². The van der Waals surface area contributed by atoms with Crippen LogP contribution in [0.4, 0.5) is 5.69 Å². The Morgan fingerprint density at radius 2 is 1.88 bits per heavy atom. The molecule has 3 aromatic carbocycles. The molecule has 1 heterocycles. The second-order valence-corrected chi connectivity index (χ2v) is 8.99. The van der Waals surface area contributed by atoms with Gasteiger partial charge in [0.05, 0.1) is 23.7 Å². The Kier molecular flexibility index (Phi) is 7.50. The lowest BCUT2D eigenvalue weighted by molar-refractivity contribution is -0.114. The molecule has 1 aliphatic heterocycles. The molecule has 3 aromatic rings. The van der Waals surface area contributed by atoms with Crippen LogP contribution in [0.15, 0.2) is 82.6 Å². The number of ether oxygens (including phenoxy) is 1. The largest absolute Gasteiger partial charge is 0.383 e. The van der Waals surface area contributed by atoms with Crippen LogP contribution in [0.2, 0.25) is 5.02 Å². The van der Waals surface area contributed by atoms with Gasteiger partial charge in [0.1, 0.15) is 0 Å². The monoisotopic (exact) mass is 478 g/mol. The lowest BCUT2D eigenvalue weighted by Crippen LogP contribution is -2.33. The van der Waals surface area contributed by atoms with Gasteiger partial charge in [-0.3, -0.25) is 9.59 Å². The number of fused-ring (bicyclic) bond motifs is 1. The molecule has 0 radical (unpaired) electrons. The lowest BCUT2D eigenvalue weighted by atomic mass is 10.1. The number of benzene rings is 3. The second kappa shape index (κ2) is 10.7. The summed E-state index contributed by atoms with van der Waals surface area (Å²) in [5.41, 5.74) is 3.25. The Bertz CT molecular complexity index is 1190. The molecule has 5 nitrogen and oxygen atoms in total. The Balaban J connectivity index is 1.58. The van der Waals surface area contributed by atoms with Crippen LogP contribution in [0.5, 0.6) is 0 Å². The summed E-state index contributed by atoms with van der Waals surface area (Å²) in [7, 11) is 1.59. The van der Waals surface area contributed by atoms with E-state index in [9.17, 15) is 9.59 Å². The van der Waals surface area contributed by atoms with Gasteiger partial charge in [-0.05, 0) is 53.6 Å². The van der Waals surface area contributed by atoms with Gasteiger partial charge < -0.3 is 15.0 Å². The van der Waals surface area contributed by atoms with Crippen molar-refractivity contribution in [2.45, 2.75) is 11.4 Å². The third kappa shape index (κ3) is 5.66. The first-order valence-corrected chi connectivity index (χ1v) is 11.7. The van der Waals surface area contributed by atoms with Crippen LogP contribution in [0, 0.1) is 0 Å². The molecular weight excluding hydrogens is 456 g/mol. The molecule has 0 aliphatic carbocycles. The summed E-state index contributed by atoms with van der Waals surface area (Å²) in [5.74, 6) is -0.226. The Morgan fingerprint density at radius 1 is 1.09 bits per heavy atom. The van der Waals surface area contributed by atoms with Crippen molar-refractivity contribution in [1.29, 1.82) is 0 Å². The van der Waals surface area contributed by atoms with E-state index in [-0.39, 0.29) is 11.8 Å². The average molecular weight is 479 g/mol. The summed E-state index contributed by atoms with van der Waals surface area (Å²) in [5, 5.41) is 3.44. The summed E-state index contributed by atoms with van der Waals surface area (Å²) >= 11 is 7.60.